The van der Waals surface area contributed by atoms with E-state index in [4.69, 9.17) is 4.74 Å². The van der Waals surface area contributed by atoms with Crippen LogP contribution in [0.15, 0.2) is 12.2 Å². The van der Waals surface area contributed by atoms with Crippen LogP contribution in [0.2, 0.25) is 0 Å². The van der Waals surface area contributed by atoms with Gasteiger partial charge in [-0.1, -0.05) is 46.8 Å². The number of rotatable bonds is 5. The Labute approximate surface area is 185 Å². The number of aliphatic hydroxyl groups is 1. The van der Waals surface area contributed by atoms with Crippen LogP contribution < -0.4 is 0 Å². The monoisotopic (exact) mass is 414 g/mol. The third-order valence-electron chi connectivity index (χ3n) is 11.6. The predicted molar refractivity (Wildman–Crippen MR) is 123 cm³/mol. The SMILES string of the molecule is C=C(CC[C@@H](C)[C@H]1CC[C@H]2C3C[C@H]4O[C@]45C[C@@H](O)CC[C@]5(C)[C@H]3CC[C@]12C)C(C)C. The fourth-order valence-corrected chi connectivity index (χ4v) is 9.54. The highest BCUT2D eigenvalue weighted by Crippen LogP contribution is 2.74. The number of allylic oxidation sites excluding steroid dienone is 1. The van der Waals surface area contributed by atoms with Gasteiger partial charge in [-0.05, 0) is 98.7 Å². The standard InChI is InChI=1S/C28H46O2/c1-17(2)18(3)7-8-19(4)22-9-10-23-21-15-25-28(30-25)16-20(29)11-14-27(28,6)24(21)12-13-26(22,23)5/h17,19-25,29H,3,7-16H2,1-2,4-6H3/t19-,20+,21?,22-,23+,24+,25-,26-,27-,28-/m1/s1. The van der Waals surface area contributed by atoms with Crippen LogP contribution in [-0.2, 0) is 4.74 Å². The summed E-state index contributed by atoms with van der Waals surface area (Å²) >= 11 is 0. The molecule has 1 saturated heterocycles. The lowest BCUT2D eigenvalue weighted by molar-refractivity contribution is -0.116. The number of hydrogen-bond acceptors (Lipinski definition) is 2. The molecular formula is C28H46O2. The van der Waals surface area contributed by atoms with Crippen molar-refractivity contribution < 1.29 is 9.84 Å². The first-order chi connectivity index (χ1) is 14.1. The Morgan fingerprint density at radius 3 is 2.57 bits per heavy atom. The lowest BCUT2D eigenvalue weighted by Crippen LogP contribution is -2.58. The number of hydrogen-bond donors (Lipinski definition) is 1. The molecule has 1 N–H and O–H groups in total. The van der Waals surface area contributed by atoms with Gasteiger partial charge in [0.25, 0.3) is 0 Å². The van der Waals surface area contributed by atoms with Gasteiger partial charge in [-0.3, -0.25) is 0 Å². The molecule has 30 heavy (non-hydrogen) atoms. The molecule has 4 saturated carbocycles. The summed E-state index contributed by atoms with van der Waals surface area (Å²) in [4.78, 5) is 0. The van der Waals surface area contributed by atoms with Crippen LogP contribution in [0, 0.1) is 46.3 Å². The topological polar surface area (TPSA) is 32.8 Å². The van der Waals surface area contributed by atoms with Crippen molar-refractivity contribution in [3.63, 3.8) is 0 Å². The van der Waals surface area contributed by atoms with Crippen LogP contribution in [0.25, 0.3) is 0 Å². The molecule has 2 heteroatoms. The zero-order valence-corrected chi connectivity index (χ0v) is 20.3. The van der Waals surface area contributed by atoms with E-state index in [1.54, 1.807) is 0 Å². The molecule has 5 rings (SSSR count). The summed E-state index contributed by atoms with van der Waals surface area (Å²) in [5, 5.41) is 10.4. The second-order valence-electron chi connectivity index (χ2n) is 13.0. The molecule has 0 bridgehead atoms. The number of epoxide rings is 1. The second-order valence-corrected chi connectivity index (χ2v) is 13.0. The van der Waals surface area contributed by atoms with Crippen molar-refractivity contribution in [3.8, 4) is 0 Å². The van der Waals surface area contributed by atoms with E-state index in [1.807, 2.05) is 0 Å². The van der Waals surface area contributed by atoms with Crippen molar-refractivity contribution >= 4 is 0 Å². The van der Waals surface area contributed by atoms with Crippen LogP contribution in [0.4, 0.5) is 0 Å². The van der Waals surface area contributed by atoms with E-state index < -0.39 is 0 Å². The minimum absolute atomic E-state index is 0.0298. The Kier molecular flexibility index (Phi) is 5.07. The number of ether oxygens (including phenoxy) is 1. The van der Waals surface area contributed by atoms with E-state index in [2.05, 4.69) is 41.2 Å². The normalized spacial score (nSPS) is 52.8. The maximum absolute atomic E-state index is 10.4. The molecule has 0 aromatic rings. The zero-order chi connectivity index (χ0) is 21.5. The molecule has 0 aromatic carbocycles. The third kappa shape index (κ3) is 2.88. The second kappa shape index (κ2) is 7.08. The molecule has 170 valence electrons. The van der Waals surface area contributed by atoms with Gasteiger partial charge in [-0.25, -0.2) is 0 Å². The van der Waals surface area contributed by atoms with Gasteiger partial charge in [0.1, 0.15) is 5.60 Å². The van der Waals surface area contributed by atoms with Gasteiger partial charge in [0.2, 0.25) is 0 Å². The van der Waals surface area contributed by atoms with E-state index in [-0.39, 0.29) is 11.7 Å². The van der Waals surface area contributed by atoms with E-state index >= 15 is 0 Å². The summed E-state index contributed by atoms with van der Waals surface area (Å²) in [6.45, 7) is 16.7. The lowest BCUT2D eigenvalue weighted by atomic mass is 9.44. The lowest BCUT2D eigenvalue weighted by Gasteiger charge is -2.59. The van der Waals surface area contributed by atoms with Gasteiger partial charge < -0.3 is 9.84 Å². The Morgan fingerprint density at radius 2 is 1.83 bits per heavy atom. The van der Waals surface area contributed by atoms with Gasteiger partial charge in [-0.2, -0.15) is 0 Å². The van der Waals surface area contributed by atoms with Crippen molar-refractivity contribution in [3.05, 3.63) is 12.2 Å². The van der Waals surface area contributed by atoms with E-state index in [0.29, 0.717) is 22.9 Å². The summed E-state index contributed by atoms with van der Waals surface area (Å²) in [5.41, 5.74) is 2.30. The summed E-state index contributed by atoms with van der Waals surface area (Å²) in [7, 11) is 0. The van der Waals surface area contributed by atoms with Crippen LogP contribution in [-0.4, -0.2) is 22.9 Å². The smallest absolute Gasteiger partial charge is 0.103 e. The van der Waals surface area contributed by atoms with Gasteiger partial charge in [0.15, 0.2) is 0 Å². The molecule has 5 fully saturated rings. The fourth-order valence-electron chi connectivity index (χ4n) is 9.54. The molecule has 5 aliphatic rings. The molecule has 1 heterocycles. The van der Waals surface area contributed by atoms with Crippen LogP contribution in [0.5, 0.6) is 0 Å². The van der Waals surface area contributed by atoms with E-state index in [9.17, 15) is 5.11 Å². The van der Waals surface area contributed by atoms with Gasteiger partial charge in [0.05, 0.1) is 12.2 Å². The van der Waals surface area contributed by atoms with Crippen LogP contribution >= 0.6 is 0 Å². The van der Waals surface area contributed by atoms with E-state index in [0.717, 1.165) is 42.4 Å². The highest BCUT2D eigenvalue weighted by Gasteiger charge is 2.76. The van der Waals surface area contributed by atoms with Gasteiger partial charge >= 0.3 is 0 Å². The summed E-state index contributed by atoms with van der Waals surface area (Å²) in [6.07, 6.45) is 12.9. The molecule has 2 nitrogen and oxygen atoms in total. The first kappa shape index (κ1) is 21.5. The summed E-state index contributed by atoms with van der Waals surface area (Å²) in [5.74, 6) is 4.88. The first-order valence-corrected chi connectivity index (χ1v) is 13.2. The van der Waals surface area contributed by atoms with Crippen LogP contribution in [0.3, 0.4) is 0 Å². The maximum Gasteiger partial charge on any atom is 0.103 e. The summed E-state index contributed by atoms with van der Waals surface area (Å²) in [6, 6.07) is 0. The largest absolute Gasteiger partial charge is 0.393 e. The molecule has 10 atom stereocenters. The van der Waals surface area contributed by atoms with Crippen LogP contribution in [0.1, 0.15) is 98.8 Å². The highest BCUT2D eigenvalue weighted by atomic mass is 16.6. The van der Waals surface area contributed by atoms with E-state index in [1.165, 1.54) is 56.9 Å². The Hall–Kier alpha value is -0.340. The third-order valence-corrected chi connectivity index (χ3v) is 11.6. The molecule has 1 spiro atoms. The Balaban J connectivity index is 1.33. The molecular weight excluding hydrogens is 368 g/mol. The van der Waals surface area contributed by atoms with Gasteiger partial charge in [-0.15, -0.1) is 0 Å². The average molecular weight is 415 g/mol. The molecule has 1 aliphatic heterocycles. The molecule has 0 aromatic heterocycles. The Bertz CT molecular complexity index is 699. The van der Waals surface area contributed by atoms with Crippen molar-refractivity contribution in [1.29, 1.82) is 0 Å². The summed E-state index contributed by atoms with van der Waals surface area (Å²) < 4.78 is 6.51. The fraction of sp³-hybridized carbons (Fsp3) is 0.929. The predicted octanol–water partition coefficient (Wildman–Crippen LogP) is 6.77. The molecule has 4 aliphatic carbocycles. The van der Waals surface area contributed by atoms with Gasteiger partial charge in [0, 0.05) is 11.8 Å². The number of aliphatic hydroxyl groups excluding tert-OH is 1. The minimum Gasteiger partial charge on any atom is -0.393 e. The van der Waals surface area contributed by atoms with Crippen molar-refractivity contribution in [2.45, 2.75) is 117 Å². The quantitative estimate of drug-likeness (QED) is 0.398. The molecule has 0 amide bonds. The van der Waals surface area contributed by atoms with Crippen molar-refractivity contribution in [2.75, 3.05) is 0 Å². The molecule has 1 unspecified atom stereocenters. The Morgan fingerprint density at radius 1 is 1.07 bits per heavy atom. The first-order valence-electron chi connectivity index (χ1n) is 13.2. The highest BCUT2D eigenvalue weighted by molar-refractivity contribution is 5.24. The van der Waals surface area contributed by atoms with Crippen molar-refractivity contribution in [1.82, 2.24) is 0 Å². The minimum atomic E-state index is -0.134. The molecule has 0 radical (unpaired) electrons. The zero-order valence-electron chi connectivity index (χ0n) is 20.3. The van der Waals surface area contributed by atoms with Crippen molar-refractivity contribution in [2.24, 2.45) is 46.3 Å². The average Bonchev–Trinajstić information content (AvgIpc) is 3.27. The number of fused-ring (bicyclic) bond motifs is 4. The maximum atomic E-state index is 10.4.